The molecule has 116 valence electrons. The Balaban J connectivity index is 2.12. The predicted molar refractivity (Wildman–Crippen MR) is 84.9 cm³/mol. The first-order chi connectivity index (χ1) is 10.2. The summed E-state index contributed by atoms with van der Waals surface area (Å²) < 4.78 is 5.26. The van der Waals surface area contributed by atoms with E-state index in [9.17, 15) is 4.79 Å². The minimum Gasteiger partial charge on any atom is -0.465 e. The Morgan fingerprint density at radius 1 is 1.29 bits per heavy atom. The molecule has 0 bridgehead atoms. The van der Waals surface area contributed by atoms with Gasteiger partial charge in [-0.3, -0.25) is 5.32 Å². The van der Waals surface area contributed by atoms with Gasteiger partial charge in [0, 0.05) is 6.04 Å². The molecule has 1 saturated carbocycles. The summed E-state index contributed by atoms with van der Waals surface area (Å²) in [5.74, 6) is 1.20. The largest absolute Gasteiger partial charge is 0.465 e. The summed E-state index contributed by atoms with van der Waals surface area (Å²) in [5.41, 5.74) is 0.989. The molecule has 2 rings (SSSR count). The van der Waals surface area contributed by atoms with Crippen molar-refractivity contribution in [3.05, 3.63) is 35.9 Å². The van der Waals surface area contributed by atoms with Crippen molar-refractivity contribution in [1.29, 1.82) is 0 Å². The first-order valence-corrected chi connectivity index (χ1v) is 8.15. The van der Waals surface area contributed by atoms with Crippen molar-refractivity contribution in [3.63, 3.8) is 0 Å². The second-order valence-electron chi connectivity index (χ2n) is 5.97. The van der Waals surface area contributed by atoms with Crippen LogP contribution in [0.3, 0.4) is 0 Å². The minimum atomic E-state index is -0.353. The number of esters is 1. The van der Waals surface area contributed by atoms with Gasteiger partial charge in [-0.1, -0.05) is 50.6 Å². The van der Waals surface area contributed by atoms with Crippen LogP contribution in [0.15, 0.2) is 30.3 Å². The standard InChI is InChI=1S/C18H27NO2/c1-4-14-11-12-16(13(14)3)19-17(18(20)21-5-2)15-9-7-6-8-10-15/h6-10,13-14,16-17,19H,4-5,11-12H2,1-3H3. The zero-order valence-electron chi connectivity index (χ0n) is 13.3. The molecule has 0 aromatic heterocycles. The number of nitrogens with one attached hydrogen (secondary N) is 1. The lowest BCUT2D eigenvalue weighted by Crippen LogP contribution is -2.40. The Labute approximate surface area is 128 Å². The Morgan fingerprint density at radius 2 is 2.00 bits per heavy atom. The summed E-state index contributed by atoms with van der Waals surface area (Å²) >= 11 is 0. The fourth-order valence-electron chi connectivity index (χ4n) is 3.44. The maximum Gasteiger partial charge on any atom is 0.327 e. The van der Waals surface area contributed by atoms with E-state index in [1.54, 1.807) is 0 Å². The van der Waals surface area contributed by atoms with Gasteiger partial charge in [0.15, 0.2) is 0 Å². The second kappa shape index (κ2) is 7.60. The Bertz CT molecular complexity index is 446. The molecule has 1 fully saturated rings. The summed E-state index contributed by atoms with van der Waals surface area (Å²) in [7, 11) is 0. The number of carbonyl (C=O) groups excluding carboxylic acids is 1. The number of carbonyl (C=O) groups is 1. The van der Waals surface area contributed by atoms with Gasteiger partial charge in [-0.15, -0.1) is 0 Å². The van der Waals surface area contributed by atoms with Crippen molar-refractivity contribution in [2.24, 2.45) is 11.8 Å². The third-order valence-corrected chi connectivity index (χ3v) is 4.79. The van der Waals surface area contributed by atoms with Crippen molar-refractivity contribution in [3.8, 4) is 0 Å². The summed E-state index contributed by atoms with van der Waals surface area (Å²) in [6, 6.07) is 9.93. The molecular formula is C18H27NO2. The molecule has 1 aliphatic rings. The van der Waals surface area contributed by atoms with Crippen LogP contribution in [-0.4, -0.2) is 18.6 Å². The second-order valence-corrected chi connectivity index (χ2v) is 5.97. The maximum atomic E-state index is 12.3. The predicted octanol–water partition coefficient (Wildman–Crippen LogP) is 3.71. The zero-order chi connectivity index (χ0) is 15.2. The van der Waals surface area contributed by atoms with E-state index >= 15 is 0 Å². The monoisotopic (exact) mass is 289 g/mol. The van der Waals surface area contributed by atoms with Crippen LogP contribution < -0.4 is 5.32 Å². The summed E-state index contributed by atoms with van der Waals surface area (Å²) in [6.07, 6.45) is 3.61. The number of benzene rings is 1. The lowest BCUT2D eigenvalue weighted by atomic mass is 9.93. The molecule has 0 spiro atoms. The van der Waals surface area contributed by atoms with Crippen molar-refractivity contribution >= 4 is 5.97 Å². The van der Waals surface area contributed by atoms with E-state index in [0.717, 1.165) is 17.9 Å². The van der Waals surface area contributed by atoms with E-state index in [0.29, 0.717) is 18.6 Å². The topological polar surface area (TPSA) is 38.3 Å². The van der Waals surface area contributed by atoms with Crippen molar-refractivity contribution in [1.82, 2.24) is 5.32 Å². The fourth-order valence-corrected chi connectivity index (χ4v) is 3.44. The Hall–Kier alpha value is -1.35. The molecule has 4 unspecified atom stereocenters. The van der Waals surface area contributed by atoms with Crippen molar-refractivity contribution in [2.45, 2.75) is 52.1 Å². The van der Waals surface area contributed by atoms with Gasteiger partial charge in [-0.05, 0) is 37.2 Å². The molecule has 0 heterocycles. The normalized spacial score (nSPS) is 26.5. The van der Waals surface area contributed by atoms with Gasteiger partial charge in [-0.25, -0.2) is 4.79 Å². The van der Waals surface area contributed by atoms with Gasteiger partial charge >= 0.3 is 5.97 Å². The zero-order valence-corrected chi connectivity index (χ0v) is 13.3. The lowest BCUT2D eigenvalue weighted by Gasteiger charge is -2.26. The highest BCUT2D eigenvalue weighted by Crippen LogP contribution is 2.35. The molecule has 3 nitrogen and oxygen atoms in total. The van der Waals surface area contributed by atoms with Crippen molar-refractivity contribution in [2.75, 3.05) is 6.61 Å². The third kappa shape index (κ3) is 3.85. The van der Waals surface area contributed by atoms with E-state index in [1.807, 2.05) is 37.3 Å². The molecule has 1 aromatic carbocycles. The molecule has 1 aromatic rings. The van der Waals surface area contributed by atoms with Crippen LogP contribution >= 0.6 is 0 Å². The fraction of sp³-hybridized carbons (Fsp3) is 0.611. The van der Waals surface area contributed by atoms with Crippen LogP contribution in [0, 0.1) is 11.8 Å². The van der Waals surface area contributed by atoms with E-state index < -0.39 is 0 Å². The average molecular weight is 289 g/mol. The number of ether oxygens (including phenoxy) is 1. The van der Waals surface area contributed by atoms with Gasteiger partial charge in [0.1, 0.15) is 6.04 Å². The molecule has 21 heavy (non-hydrogen) atoms. The Kier molecular flexibility index (Phi) is 5.80. The molecule has 1 aliphatic carbocycles. The number of hydrogen-bond acceptors (Lipinski definition) is 3. The van der Waals surface area contributed by atoms with Gasteiger partial charge in [-0.2, -0.15) is 0 Å². The van der Waals surface area contributed by atoms with Gasteiger partial charge in [0.25, 0.3) is 0 Å². The smallest absolute Gasteiger partial charge is 0.327 e. The maximum absolute atomic E-state index is 12.3. The van der Waals surface area contributed by atoms with Crippen LogP contribution in [0.2, 0.25) is 0 Å². The van der Waals surface area contributed by atoms with E-state index in [2.05, 4.69) is 19.2 Å². The molecule has 0 aliphatic heterocycles. The van der Waals surface area contributed by atoms with E-state index in [-0.39, 0.29) is 12.0 Å². The van der Waals surface area contributed by atoms with E-state index in [4.69, 9.17) is 4.74 Å². The highest BCUT2D eigenvalue weighted by Gasteiger charge is 2.35. The van der Waals surface area contributed by atoms with Gasteiger partial charge in [0.2, 0.25) is 0 Å². The SMILES string of the molecule is CCOC(=O)C(NC1CCC(CC)C1C)c1ccccc1. The highest BCUT2D eigenvalue weighted by atomic mass is 16.5. The van der Waals surface area contributed by atoms with Gasteiger partial charge in [0.05, 0.1) is 6.61 Å². The minimum absolute atomic E-state index is 0.171. The van der Waals surface area contributed by atoms with Crippen LogP contribution in [0.1, 0.15) is 51.6 Å². The van der Waals surface area contributed by atoms with Gasteiger partial charge < -0.3 is 4.74 Å². The van der Waals surface area contributed by atoms with E-state index in [1.165, 1.54) is 12.8 Å². The molecule has 4 atom stereocenters. The molecule has 0 saturated heterocycles. The number of hydrogen-bond donors (Lipinski definition) is 1. The van der Waals surface area contributed by atoms with Crippen molar-refractivity contribution < 1.29 is 9.53 Å². The molecule has 0 amide bonds. The summed E-state index contributed by atoms with van der Waals surface area (Å²) in [6.45, 7) is 6.82. The number of rotatable bonds is 6. The molecule has 3 heteroatoms. The quantitative estimate of drug-likeness (QED) is 0.811. The molecule has 0 radical (unpaired) electrons. The van der Waals surface area contributed by atoms with Crippen LogP contribution in [-0.2, 0) is 9.53 Å². The lowest BCUT2D eigenvalue weighted by molar-refractivity contribution is -0.146. The summed E-state index contributed by atoms with van der Waals surface area (Å²) in [4.78, 5) is 12.3. The van der Waals surface area contributed by atoms with Crippen LogP contribution in [0.4, 0.5) is 0 Å². The highest BCUT2D eigenvalue weighted by molar-refractivity contribution is 5.77. The molecule has 1 N–H and O–H groups in total. The Morgan fingerprint density at radius 3 is 2.57 bits per heavy atom. The summed E-state index contributed by atoms with van der Waals surface area (Å²) in [5, 5.41) is 3.56. The molecular weight excluding hydrogens is 262 g/mol. The first kappa shape index (κ1) is 16.0. The third-order valence-electron chi connectivity index (χ3n) is 4.79. The van der Waals surface area contributed by atoms with Crippen LogP contribution in [0.25, 0.3) is 0 Å². The first-order valence-electron chi connectivity index (χ1n) is 8.15. The van der Waals surface area contributed by atoms with Crippen LogP contribution in [0.5, 0.6) is 0 Å². The average Bonchev–Trinajstić information content (AvgIpc) is 2.86.